The van der Waals surface area contributed by atoms with E-state index in [2.05, 4.69) is 15.3 Å². The average Bonchev–Trinajstić information content (AvgIpc) is 2.50. The van der Waals surface area contributed by atoms with E-state index in [1.807, 2.05) is 56.4 Å². The van der Waals surface area contributed by atoms with Gasteiger partial charge in [0.25, 0.3) is 0 Å². The fourth-order valence-corrected chi connectivity index (χ4v) is 1.93. The first-order chi connectivity index (χ1) is 10.6. The van der Waals surface area contributed by atoms with E-state index in [1.165, 1.54) is 0 Å². The second kappa shape index (κ2) is 10.0. The number of hydrogen-bond donors (Lipinski definition) is 2. The van der Waals surface area contributed by atoms with Crippen LogP contribution in [-0.4, -0.2) is 23.6 Å². The Morgan fingerprint density at radius 2 is 2.00 bits per heavy atom. The van der Waals surface area contributed by atoms with Crippen LogP contribution in [0.25, 0.3) is 0 Å². The maximum Gasteiger partial charge on any atom is 0.193 e. The Morgan fingerprint density at radius 3 is 2.61 bits per heavy atom. The van der Waals surface area contributed by atoms with E-state index >= 15 is 0 Å². The molecule has 1 aromatic heterocycles. The summed E-state index contributed by atoms with van der Waals surface area (Å²) < 4.78 is 5.59. The highest BCUT2D eigenvalue weighted by atomic mass is 127. The number of halogens is 1. The predicted molar refractivity (Wildman–Crippen MR) is 106 cm³/mol. The molecule has 6 heteroatoms. The summed E-state index contributed by atoms with van der Waals surface area (Å²) in [7, 11) is 0. The molecule has 0 saturated heterocycles. The largest absolute Gasteiger partial charge is 0.491 e. The lowest BCUT2D eigenvalue weighted by atomic mass is 10.2. The molecule has 0 atom stereocenters. The van der Waals surface area contributed by atoms with Crippen LogP contribution in [0.15, 0.2) is 53.8 Å². The first-order valence-corrected chi connectivity index (χ1v) is 7.36. The molecule has 0 amide bonds. The lowest BCUT2D eigenvalue weighted by Crippen LogP contribution is -2.23. The summed E-state index contributed by atoms with van der Waals surface area (Å²) in [6, 6.07) is 11.6. The highest BCUT2D eigenvalue weighted by Crippen LogP contribution is 2.16. The number of nitrogens with zero attached hydrogens (tertiary/aromatic N) is 2. The average molecular weight is 426 g/mol. The number of nitrogens with one attached hydrogen (secondary N) is 1. The van der Waals surface area contributed by atoms with Crippen LogP contribution in [-0.2, 0) is 6.42 Å². The van der Waals surface area contributed by atoms with Gasteiger partial charge in [-0.05, 0) is 56.2 Å². The van der Waals surface area contributed by atoms with Gasteiger partial charge in [0.15, 0.2) is 5.96 Å². The van der Waals surface area contributed by atoms with Crippen molar-refractivity contribution in [1.29, 1.82) is 0 Å². The maximum atomic E-state index is 5.88. The van der Waals surface area contributed by atoms with Gasteiger partial charge in [-0.2, -0.15) is 0 Å². The standard InChI is InChI=1S/C17H22N4O.HI/c1-13(2)22-16-7-5-15(6-8-16)21-17(18)20-11-9-14-4-3-10-19-12-14;/h3-8,10,12-13H,9,11H2,1-2H3,(H3,18,20,21);1H. The van der Waals surface area contributed by atoms with Gasteiger partial charge in [-0.15, -0.1) is 24.0 Å². The van der Waals surface area contributed by atoms with Crippen molar-refractivity contribution in [3.63, 3.8) is 0 Å². The number of rotatable bonds is 6. The molecule has 1 heterocycles. The van der Waals surface area contributed by atoms with E-state index in [9.17, 15) is 0 Å². The Hall–Kier alpha value is -1.83. The van der Waals surface area contributed by atoms with Crippen molar-refractivity contribution >= 4 is 35.6 Å². The van der Waals surface area contributed by atoms with E-state index in [0.717, 1.165) is 23.4 Å². The van der Waals surface area contributed by atoms with E-state index < -0.39 is 0 Å². The Bertz CT molecular complexity index is 600. The molecule has 2 aromatic rings. The zero-order chi connectivity index (χ0) is 15.8. The van der Waals surface area contributed by atoms with Gasteiger partial charge < -0.3 is 15.8 Å². The Balaban J connectivity index is 0.00000264. The third kappa shape index (κ3) is 7.32. The smallest absolute Gasteiger partial charge is 0.193 e. The molecule has 0 aliphatic rings. The van der Waals surface area contributed by atoms with Gasteiger partial charge in [-0.3, -0.25) is 9.98 Å². The van der Waals surface area contributed by atoms with Crippen molar-refractivity contribution < 1.29 is 4.74 Å². The van der Waals surface area contributed by atoms with Crippen LogP contribution in [0.5, 0.6) is 5.75 Å². The van der Waals surface area contributed by atoms with Gasteiger partial charge in [0.1, 0.15) is 5.75 Å². The number of pyridine rings is 1. The minimum absolute atomic E-state index is 0. The molecule has 0 saturated carbocycles. The number of aromatic nitrogens is 1. The lowest BCUT2D eigenvalue weighted by Gasteiger charge is -2.10. The predicted octanol–water partition coefficient (Wildman–Crippen LogP) is 3.46. The van der Waals surface area contributed by atoms with Crippen molar-refractivity contribution in [3.8, 4) is 5.75 Å². The summed E-state index contributed by atoms with van der Waals surface area (Å²) in [5.41, 5.74) is 7.92. The van der Waals surface area contributed by atoms with Crippen LogP contribution in [0.2, 0.25) is 0 Å². The number of anilines is 1. The third-order valence-corrected chi connectivity index (χ3v) is 2.90. The molecule has 3 N–H and O–H groups in total. The van der Waals surface area contributed by atoms with Crippen molar-refractivity contribution in [2.24, 2.45) is 10.7 Å². The summed E-state index contributed by atoms with van der Waals surface area (Å²) in [5.74, 6) is 1.24. The zero-order valence-corrected chi connectivity index (χ0v) is 15.7. The molecule has 0 aliphatic heterocycles. The fraction of sp³-hybridized carbons (Fsp3) is 0.294. The normalized spacial score (nSPS) is 11.0. The van der Waals surface area contributed by atoms with Crippen LogP contribution in [0, 0.1) is 0 Å². The van der Waals surface area contributed by atoms with Crippen molar-refractivity contribution in [2.45, 2.75) is 26.4 Å². The number of aliphatic imine (C=N–C) groups is 1. The van der Waals surface area contributed by atoms with Crippen LogP contribution in [0.3, 0.4) is 0 Å². The molecular formula is C17H23IN4O. The SMILES string of the molecule is CC(C)Oc1ccc(NC(N)=NCCc2cccnc2)cc1.I. The van der Waals surface area contributed by atoms with Crippen LogP contribution >= 0.6 is 24.0 Å². The molecule has 124 valence electrons. The second-order valence-electron chi connectivity index (χ2n) is 5.19. The molecule has 0 unspecified atom stereocenters. The van der Waals surface area contributed by atoms with Gasteiger partial charge in [0, 0.05) is 24.6 Å². The van der Waals surface area contributed by atoms with E-state index in [4.69, 9.17) is 10.5 Å². The molecular weight excluding hydrogens is 403 g/mol. The molecule has 2 rings (SSSR count). The van der Waals surface area contributed by atoms with Crippen molar-refractivity contribution in [2.75, 3.05) is 11.9 Å². The fourth-order valence-electron chi connectivity index (χ4n) is 1.93. The van der Waals surface area contributed by atoms with E-state index in [1.54, 1.807) is 6.20 Å². The molecule has 0 aliphatic carbocycles. The van der Waals surface area contributed by atoms with Crippen molar-refractivity contribution in [3.05, 3.63) is 54.4 Å². The number of nitrogens with two attached hydrogens (primary N) is 1. The molecule has 5 nitrogen and oxygen atoms in total. The van der Waals surface area contributed by atoms with Gasteiger partial charge in [-0.25, -0.2) is 0 Å². The van der Waals surface area contributed by atoms with Gasteiger partial charge in [0.05, 0.1) is 6.10 Å². The number of benzene rings is 1. The van der Waals surface area contributed by atoms with Crippen LogP contribution < -0.4 is 15.8 Å². The molecule has 23 heavy (non-hydrogen) atoms. The van der Waals surface area contributed by atoms with Gasteiger partial charge >= 0.3 is 0 Å². The number of ether oxygens (including phenoxy) is 1. The summed E-state index contributed by atoms with van der Waals surface area (Å²) in [4.78, 5) is 8.38. The topological polar surface area (TPSA) is 72.5 Å². The minimum atomic E-state index is 0. The number of hydrogen-bond acceptors (Lipinski definition) is 3. The van der Waals surface area contributed by atoms with Crippen LogP contribution in [0.4, 0.5) is 5.69 Å². The summed E-state index contributed by atoms with van der Waals surface area (Å²) >= 11 is 0. The first kappa shape index (κ1) is 19.2. The summed E-state index contributed by atoms with van der Waals surface area (Å²) in [6.45, 7) is 4.62. The van der Waals surface area contributed by atoms with Crippen molar-refractivity contribution in [1.82, 2.24) is 4.98 Å². The molecule has 0 fully saturated rings. The first-order valence-electron chi connectivity index (χ1n) is 7.36. The van der Waals surface area contributed by atoms with E-state index in [-0.39, 0.29) is 30.1 Å². The quantitative estimate of drug-likeness (QED) is 0.422. The number of guanidine groups is 1. The summed E-state index contributed by atoms with van der Waals surface area (Å²) in [6.07, 6.45) is 4.58. The monoisotopic (exact) mass is 426 g/mol. The Labute approximate surface area is 154 Å². The van der Waals surface area contributed by atoms with Gasteiger partial charge in [0.2, 0.25) is 0 Å². The highest BCUT2D eigenvalue weighted by molar-refractivity contribution is 14.0. The molecule has 0 bridgehead atoms. The Morgan fingerprint density at radius 1 is 1.26 bits per heavy atom. The lowest BCUT2D eigenvalue weighted by molar-refractivity contribution is 0.242. The minimum Gasteiger partial charge on any atom is -0.491 e. The molecule has 0 radical (unpaired) electrons. The Kier molecular flexibility index (Phi) is 8.39. The second-order valence-corrected chi connectivity index (χ2v) is 5.19. The highest BCUT2D eigenvalue weighted by Gasteiger charge is 1.99. The third-order valence-electron chi connectivity index (χ3n) is 2.90. The molecule has 0 spiro atoms. The molecule has 1 aromatic carbocycles. The van der Waals surface area contributed by atoms with Gasteiger partial charge in [-0.1, -0.05) is 6.07 Å². The summed E-state index contributed by atoms with van der Waals surface area (Å²) in [5, 5.41) is 3.07. The van der Waals surface area contributed by atoms with Crippen LogP contribution in [0.1, 0.15) is 19.4 Å². The maximum absolute atomic E-state index is 5.88. The zero-order valence-electron chi connectivity index (χ0n) is 13.4. The van der Waals surface area contributed by atoms with E-state index in [0.29, 0.717) is 12.5 Å².